The van der Waals surface area contributed by atoms with Gasteiger partial charge in [0.05, 0.1) is 5.39 Å². The molecule has 22 heavy (non-hydrogen) atoms. The first-order valence-electron chi connectivity index (χ1n) is 6.98. The highest BCUT2D eigenvalue weighted by Gasteiger charge is 2.14. The summed E-state index contributed by atoms with van der Waals surface area (Å²) in [6.07, 6.45) is 0. The molecule has 0 spiro atoms. The molecular weight excluding hydrogens is 276 g/mol. The molecule has 1 heterocycles. The van der Waals surface area contributed by atoms with E-state index in [-0.39, 0.29) is 16.6 Å². The SMILES string of the molecule is O=c1c2c(O)cccc2oc2cccc(-c3ccccc3)c12. The van der Waals surface area contributed by atoms with E-state index < -0.39 is 0 Å². The molecule has 1 N–H and O–H groups in total. The number of benzene rings is 3. The van der Waals surface area contributed by atoms with Gasteiger partial charge in [0, 0.05) is 0 Å². The van der Waals surface area contributed by atoms with Gasteiger partial charge >= 0.3 is 0 Å². The average Bonchev–Trinajstić information content (AvgIpc) is 2.55. The molecule has 4 aromatic rings. The zero-order valence-electron chi connectivity index (χ0n) is 11.6. The molecule has 3 aromatic carbocycles. The zero-order valence-corrected chi connectivity index (χ0v) is 11.6. The number of hydrogen-bond acceptors (Lipinski definition) is 3. The number of aromatic hydroxyl groups is 1. The van der Waals surface area contributed by atoms with Gasteiger partial charge in [-0.1, -0.05) is 48.5 Å². The van der Waals surface area contributed by atoms with Crippen LogP contribution in [-0.2, 0) is 0 Å². The van der Waals surface area contributed by atoms with Crippen molar-refractivity contribution in [1.82, 2.24) is 0 Å². The van der Waals surface area contributed by atoms with Crippen LogP contribution in [0.3, 0.4) is 0 Å². The Morgan fingerprint density at radius 3 is 2.18 bits per heavy atom. The molecule has 0 aliphatic heterocycles. The van der Waals surface area contributed by atoms with E-state index >= 15 is 0 Å². The van der Waals surface area contributed by atoms with Crippen LogP contribution in [0.2, 0.25) is 0 Å². The van der Waals surface area contributed by atoms with Gasteiger partial charge in [0.15, 0.2) is 0 Å². The highest BCUT2D eigenvalue weighted by molar-refractivity contribution is 6.00. The van der Waals surface area contributed by atoms with Gasteiger partial charge in [-0.2, -0.15) is 0 Å². The van der Waals surface area contributed by atoms with Crippen molar-refractivity contribution in [2.75, 3.05) is 0 Å². The van der Waals surface area contributed by atoms with Crippen LogP contribution in [0.5, 0.6) is 5.75 Å². The molecule has 0 radical (unpaired) electrons. The summed E-state index contributed by atoms with van der Waals surface area (Å²) in [5, 5.41) is 10.7. The maximum atomic E-state index is 12.9. The molecule has 0 amide bonds. The van der Waals surface area contributed by atoms with Gasteiger partial charge in [0.25, 0.3) is 0 Å². The number of phenolic OH excluding ortho intramolecular Hbond substituents is 1. The summed E-state index contributed by atoms with van der Waals surface area (Å²) in [7, 11) is 0. The summed E-state index contributed by atoms with van der Waals surface area (Å²) in [6.45, 7) is 0. The Balaban J connectivity index is 2.21. The second kappa shape index (κ2) is 4.74. The minimum absolute atomic E-state index is 0.0592. The Hall–Kier alpha value is -3.07. The minimum atomic E-state index is -0.214. The lowest BCUT2D eigenvalue weighted by atomic mass is 9.99. The van der Waals surface area contributed by atoms with Gasteiger partial charge in [-0.05, 0) is 29.3 Å². The third kappa shape index (κ3) is 1.79. The highest BCUT2D eigenvalue weighted by atomic mass is 16.3. The van der Waals surface area contributed by atoms with Crippen LogP contribution < -0.4 is 5.43 Å². The van der Waals surface area contributed by atoms with Crippen LogP contribution in [0, 0.1) is 0 Å². The second-order valence-electron chi connectivity index (χ2n) is 5.13. The predicted octanol–water partition coefficient (Wildman–Crippen LogP) is 4.32. The first-order valence-corrected chi connectivity index (χ1v) is 6.98. The molecule has 0 bridgehead atoms. The topological polar surface area (TPSA) is 50.4 Å². The van der Waals surface area contributed by atoms with Crippen molar-refractivity contribution in [3.05, 3.63) is 77.0 Å². The van der Waals surface area contributed by atoms with E-state index in [9.17, 15) is 9.90 Å². The third-order valence-electron chi connectivity index (χ3n) is 3.79. The molecule has 0 aliphatic carbocycles. The van der Waals surface area contributed by atoms with E-state index in [0.717, 1.165) is 11.1 Å². The molecule has 4 rings (SSSR count). The molecule has 0 fully saturated rings. The molecule has 1 aromatic heterocycles. The Bertz CT molecular complexity index is 1050. The van der Waals surface area contributed by atoms with Gasteiger partial charge < -0.3 is 9.52 Å². The molecule has 3 heteroatoms. The quantitative estimate of drug-likeness (QED) is 0.531. The van der Waals surface area contributed by atoms with Crippen molar-refractivity contribution in [2.45, 2.75) is 0 Å². The number of rotatable bonds is 1. The normalized spacial score (nSPS) is 11.1. The largest absolute Gasteiger partial charge is 0.507 e. The van der Waals surface area contributed by atoms with Gasteiger partial charge in [-0.3, -0.25) is 4.79 Å². The van der Waals surface area contributed by atoms with Crippen molar-refractivity contribution >= 4 is 21.9 Å². The molecule has 0 atom stereocenters. The van der Waals surface area contributed by atoms with Crippen molar-refractivity contribution in [3.8, 4) is 16.9 Å². The third-order valence-corrected chi connectivity index (χ3v) is 3.79. The minimum Gasteiger partial charge on any atom is -0.507 e. The first kappa shape index (κ1) is 12.7. The van der Waals surface area contributed by atoms with E-state index in [0.29, 0.717) is 16.6 Å². The van der Waals surface area contributed by atoms with Crippen LogP contribution in [0.15, 0.2) is 75.9 Å². The average molecular weight is 288 g/mol. The fourth-order valence-corrected chi connectivity index (χ4v) is 2.78. The fraction of sp³-hybridized carbons (Fsp3) is 0. The van der Waals surface area contributed by atoms with Crippen LogP contribution in [0.1, 0.15) is 0 Å². The summed E-state index contributed by atoms with van der Waals surface area (Å²) in [4.78, 5) is 12.9. The van der Waals surface area contributed by atoms with Crippen LogP contribution in [0.4, 0.5) is 0 Å². The van der Waals surface area contributed by atoms with Gasteiger partial charge in [-0.25, -0.2) is 0 Å². The smallest absolute Gasteiger partial charge is 0.204 e. The summed E-state index contributed by atoms with van der Waals surface area (Å²) in [5.74, 6) is -0.0592. The van der Waals surface area contributed by atoms with E-state index in [4.69, 9.17) is 4.42 Å². The number of hydrogen-bond donors (Lipinski definition) is 1. The Kier molecular flexibility index (Phi) is 2.73. The Morgan fingerprint density at radius 2 is 1.41 bits per heavy atom. The molecule has 3 nitrogen and oxygen atoms in total. The highest BCUT2D eigenvalue weighted by Crippen LogP contribution is 2.30. The predicted molar refractivity (Wildman–Crippen MR) is 87.1 cm³/mol. The maximum absolute atomic E-state index is 12.9. The lowest BCUT2D eigenvalue weighted by Crippen LogP contribution is -2.04. The van der Waals surface area contributed by atoms with E-state index in [1.54, 1.807) is 18.2 Å². The molecule has 0 aliphatic rings. The summed E-state index contributed by atoms with van der Waals surface area (Å²) in [6, 6.07) is 20.0. The van der Waals surface area contributed by atoms with Gasteiger partial charge in [0.2, 0.25) is 5.43 Å². The zero-order chi connectivity index (χ0) is 15.1. The Morgan fingerprint density at radius 1 is 0.727 bits per heavy atom. The van der Waals surface area contributed by atoms with Crippen molar-refractivity contribution in [2.24, 2.45) is 0 Å². The molecule has 0 saturated heterocycles. The van der Waals surface area contributed by atoms with E-state index in [2.05, 4.69) is 0 Å². The van der Waals surface area contributed by atoms with Crippen molar-refractivity contribution < 1.29 is 9.52 Å². The molecular formula is C19H12O3. The Labute approximate surface area is 126 Å². The summed E-state index contributed by atoms with van der Waals surface area (Å²) >= 11 is 0. The van der Waals surface area contributed by atoms with E-state index in [1.165, 1.54) is 6.07 Å². The molecule has 0 saturated carbocycles. The first-order chi connectivity index (χ1) is 10.8. The summed E-state index contributed by atoms with van der Waals surface area (Å²) in [5.41, 5.74) is 2.44. The van der Waals surface area contributed by atoms with Crippen LogP contribution in [-0.4, -0.2) is 5.11 Å². The van der Waals surface area contributed by atoms with Crippen molar-refractivity contribution in [1.29, 1.82) is 0 Å². The van der Waals surface area contributed by atoms with Gasteiger partial charge in [0.1, 0.15) is 22.3 Å². The summed E-state index contributed by atoms with van der Waals surface area (Å²) < 4.78 is 5.81. The van der Waals surface area contributed by atoms with Crippen LogP contribution in [0.25, 0.3) is 33.1 Å². The lowest BCUT2D eigenvalue weighted by molar-refractivity contribution is 0.480. The number of phenols is 1. The lowest BCUT2D eigenvalue weighted by Gasteiger charge is -2.08. The van der Waals surface area contributed by atoms with Crippen LogP contribution >= 0.6 is 0 Å². The fourth-order valence-electron chi connectivity index (χ4n) is 2.78. The van der Waals surface area contributed by atoms with Gasteiger partial charge in [-0.15, -0.1) is 0 Å². The monoisotopic (exact) mass is 288 g/mol. The van der Waals surface area contributed by atoms with Crippen molar-refractivity contribution in [3.63, 3.8) is 0 Å². The number of fused-ring (bicyclic) bond motifs is 2. The standard InChI is InChI=1S/C19H12O3/c20-14-9-5-11-16-18(14)19(21)17-13(8-4-10-15(17)22-16)12-6-2-1-3-7-12/h1-11,20H. The molecule has 106 valence electrons. The molecule has 0 unspecified atom stereocenters. The van der Waals surface area contributed by atoms with E-state index in [1.807, 2.05) is 42.5 Å². The second-order valence-corrected chi connectivity index (χ2v) is 5.13. The maximum Gasteiger partial charge on any atom is 0.204 e.